The van der Waals surface area contributed by atoms with Gasteiger partial charge in [-0.25, -0.2) is 4.99 Å². The highest BCUT2D eigenvalue weighted by Crippen LogP contribution is 2.49. The van der Waals surface area contributed by atoms with Gasteiger partial charge < -0.3 is 18.9 Å². The number of carbonyl (C=O) groups excluding carboxylic acids is 2. The molecule has 0 aliphatic carbocycles. The third-order valence-corrected chi connectivity index (χ3v) is 4.89. The first-order valence-electron chi connectivity index (χ1n) is 7.76. The lowest BCUT2D eigenvalue weighted by molar-refractivity contribution is -0.159. The molecule has 126 valence electrons. The molecule has 0 N–H and O–H groups in total. The van der Waals surface area contributed by atoms with Gasteiger partial charge in [-0.3, -0.25) is 9.59 Å². The van der Waals surface area contributed by atoms with Crippen LogP contribution in [0.2, 0.25) is 0 Å². The first kappa shape index (κ1) is 15.1. The Hall–Kier alpha value is -2.41. The molecule has 7 nitrogen and oxygen atoms in total. The summed E-state index contributed by atoms with van der Waals surface area (Å²) in [6, 6.07) is 9.18. The summed E-state index contributed by atoms with van der Waals surface area (Å²) in [7, 11) is 2.59. The van der Waals surface area contributed by atoms with Gasteiger partial charge in [0.25, 0.3) is 0 Å². The molecule has 0 spiro atoms. The molecule has 3 heterocycles. The first-order valence-corrected chi connectivity index (χ1v) is 7.76. The van der Waals surface area contributed by atoms with Crippen LogP contribution in [0.5, 0.6) is 0 Å². The van der Waals surface area contributed by atoms with Crippen LogP contribution in [0.1, 0.15) is 5.56 Å². The second-order valence-electron chi connectivity index (χ2n) is 6.04. The van der Waals surface area contributed by atoms with Crippen LogP contribution in [0.3, 0.4) is 0 Å². The van der Waals surface area contributed by atoms with Crippen molar-refractivity contribution in [3.8, 4) is 0 Å². The predicted octanol–water partition coefficient (Wildman–Crippen LogP) is 0.560. The van der Waals surface area contributed by atoms with Gasteiger partial charge in [-0.2, -0.15) is 0 Å². The zero-order valence-electron chi connectivity index (χ0n) is 13.2. The van der Waals surface area contributed by atoms with Crippen LogP contribution < -0.4 is 0 Å². The van der Waals surface area contributed by atoms with Gasteiger partial charge in [0.15, 0.2) is 6.10 Å². The average Bonchev–Trinajstić information content (AvgIpc) is 3.30. The molecule has 0 radical (unpaired) electrons. The number of methoxy groups -OCH3 is 2. The molecule has 0 amide bonds. The van der Waals surface area contributed by atoms with Crippen LogP contribution in [-0.2, 0) is 28.5 Å². The van der Waals surface area contributed by atoms with E-state index in [9.17, 15) is 9.59 Å². The minimum Gasteiger partial charge on any atom is -0.469 e. The van der Waals surface area contributed by atoms with Gasteiger partial charge in [-0.1, -0.05) is 18.2 Å². The summed E-state index contributed by atoms with van der Waals surface area (Å²) in [6.07, 6.45) is -1.51. The molecular formula is C17H17NO6. The third-order valence-electron chi connectivity index (χ3n) is 4.89. The smallest absolute Gasteiger partial charge is 0.312 e. The highest BCUT2D eigenvalue weighted by atomic mass is 16.6. The maximum absolute atomic E-state index is 12.2. The number of esters is 2. The van der Waals surface area contributed by atoms with Crippen LogP contribution in [0.15, 0.2) is 35.3 Å². The van der Waals surface area contributed by atoms with Crippen LogP contribution in [0.4, 0.5) is 0 Å². The number of nitrogens with zero attached hydrogens (tertiary/aromatic N) is 1. The molecule has 3 aliphatic heterocycles. The van der Waals surface area contributed by atoms with Crippen LogP contribution >= 0.6 is 0 Å². The number of rotatable bonds is 3. The van der Waals surface area contributed by atoms with E-state index in [1.54, 1.807) is 0 Å². The lowest BCUT2D eigenvalue weighted by Gasteiger charge is -2.29. The van der Waals surface area contributed by atoms with E-state index in [1.807, 2.05) is 30.3 Å². The van der Waals surface area contributed by atoms with Crippen molar-refractivity contribution in [3.05, 3.63) is 35.9 Å². The monoisotopic (exact) mass is 331 g/mol. The number of aliphatic imine (C=N–C) groups is 1. The molecule has 4 rings (SSSR count). The van der Waals surface area contributed by atoms with E-state index in [4.69, 9.17) is 18.9 Å². The minimum absolute atomic E-state index is 0.324. The Morgan fingerprint density at radius 1 is 0.958 bits per heavy atom. The van der Waals surface area contributed by atoms with Gasteiger partial charge >= 0.3 is 11.9 Å². The first-order chi connectivity index (χ1) is 11.7. The molecule has 0 aromatic heterocycles. The molecule has 1 aromatic carbocycles. The highest BCUT2D eigenvalue weighted by molar-refractivity contribution is 5.96. The zero-order valence-corrected chi connectivity index (χ0v) is 13.2. The van der Waals surface area contributed by atoms with Crippen LogP contribution in [0, 0.1) is 11.8 Å². The Bertz CT molecular complexity index is 702. The standard InChI is InChI=1S/C17H17NO6/c1-21-16(19)9-10(17(20)22-2)13-14-11(12(9)23-13)18-15(24-14)8-6-4-3-5-7-8/h3-7,9-14H,1-2H3/t9-,10-,11-,12-,13+,14-/m1/s1. The van der Waals surface area contributed by atoms with E-state index in [2.05, 4.69) is 4.99 Å². The van der Waals surface area contributed by atoms with Crippen molar-refractivity contribution in [3.63, 3.8) is 0 Å². The Labute approximate surface area is 138 Å². The van der Waals surface area contributed by atoms with E-state index in [-0.39, 0.29) is 6.04 Å². The largest absolute Gasteiger partial charge is 0.469 e. The highest BCUT2D eigenvalue weighted by Gasteiger charge is 2.68. The van der Waals surface area contributed by atoms with Crippen molar-refractivity contribution in [2.75, 3.05) is 14.2 Å². The van der Waals surface area contributed by atoms with E-state index in [1.165, 1.54) is 14.2 Å². The summed E-state index contributed by atoms with van der Waals surface area (Å²) in [4.78, 5) is 28.9. The lowest BCUT2D eigenvalue weighted by Crippen LogP contribution is -2.50. The molecule has 0 saturated carbocycles. The van der Waals surface area contributed by atoms with Crippen molar-refractivity contribution in [1.29, 1.82) is 0 Å². The number of hydrogen-bond acceptors (Lipinski definition) is 7. The Balaban J connectivity index is 1.66. The van der Waals surface area contributed by atoms with Gasteiger partial charge in [0.1, 0.15) is 24.0 Å². The predicted molar refractivity (Wildman–Crippen MR) is 81.3 cm³/mol. The summed E-state index contributed by atoms with van der Waals surface area (Å²) in [5.74, 6) is -1.93. The molecule has 7 heteroatoms. The van der Waals surface area contributed by atoms with Crippen molar-refractivity contribution in [1.82, 2.24) is 0 Å². The minimum atomic E-state index is -0.737. The third kappa shape index (κ3) is 2.04. The quantitative estimate of drug-likeness (QED) is 0.753. The van der Waals surface area contributed by atoms with Gasteiger partial charge in [0.2, 0.25) is 5.90 Å². The molecule has 2 fully saturated rings. The Morgan fingerprint density at radius 3 is 2.21 bits per heavy atom. The second-order valence-corrected chi connectivity index (χ2v) is 6.04. The topological polar surface area (TPSA) is 83.4 Å². The van der Waals surface area contributed by atoms with Gasteiger partial charge in [-0.05, 0) is 12.1 Å². The van der Waals surface area contributed by atoms with Crippen LogP contribution in [-0.4, -0.2) is 56.4 Å². The molecule has 6 atom stereocenters. The van der Waals surface area contributed by atoms with E-state index >= 15 is 0 Å². The zero-order chi connectivity index (χ0) is 16.8. The maximum atomic E-state index is 12.2. The molecular weight excluding hydrogens is 314 g/mol. The SMILES string of the molecule is COC(=O)[C@H]1[C@@H]2O[C@@H]([C@H]3N=C(c4ccccc4)O[C@H]32)[C@@H]1C(=O)OC. The molecule has 2 bridgehead atoms. The molecule has 1 aromatic rings. The summed E-state index contributed by atoms with van der Waals surface area (Å²) < 4.78 is 21.5. The number of fused-ring (bicyclic) bond motifs is 5. The van der Waals surface area contributed by atoms with Crippen LogP contribution in [0.25, 0.3) is 0 Å². The average molecular weight is 331 g/mol. The van der Waals surface area contributed by atoms with Gasteiger partial charge in [0.05, 0.1) is 20.3 Å². The normalized spacial score (nSPS) is 35.8. The Kier molecular flexibility index (Phi) is 3.53. The van der Waals surface area contributed by atoms with Crippen molar-refractivity contribution in [2.24, 2.45) is 16.8 Å². The second kappa shape index (κ2) is 5.59. The fourth-order valence-corrected chi connectivity index (χ4v) is 3.85. The Morgan fingerprint density at radius 2 is 1.58 bits per heavy atom. The number of benzene rings is 1. The fourth-order valence-electron chi connectivity index (χ4n) is 3.85. The summed E-state index contributed by atoms with van der Waals surface area (Å²) in [5.41, 5.74) is 0.857. The summed E-state index contributed by atoms with van der Waals surface area (Å²) in [6.45, 7) is 0. The summed E-state index contributed by atoms with van der Waals surface area (Å²) in [5, 5.41) is 0. The number of ether oxygens (including phenoxy) is 4. The number of carbonyl (C=O) groups is 2. The lowest BCUT2D eigenvalue weighted by atomic mass is 9.75. The summed E-state index contributed by atoms with van der Waals surface area (Å²) >= 11 is 0. The molecule has 0 unspecified atom stereocenters. The molecule has 3 aliphatic rings. The van der Waals surface area contributed by atoms with Crippen molar-refractivity contribution >= 4 is 17.8 Å². The van der Waals surface area contributed by atoms with E-state index in [0.717, 1.165) is 5.56 Å². The maximum Gasteiger partial charge on any atom is 0.312 e. The van der Waals surface area contributed by atoms with Gasteiger partial charge in [-0.15, -0.1) is 0 Å². The number of hydrogen-bond donors (Lipinski definition) is 0. The fraction of sp³-hybridized carbons (Fsp3) is 0.471. The molecule has 2 saturated heterocycles. The van der Waals surface area contributed by atoms with Crippen molar-refractivity contribution < 1.29 is 28.5 Å². The van der Waals surface area contributed by atoms with Crippen molar-refractivity contribution in [2.45, 2.75) is 24.4 Å². The van der Waals surface area contributed by atoms with E-state index < -0.39 is 42.1 Å². The van der Waals surface area contributed by atoms with Gasteiger partial charge in [0, 0.05) is 5.56 Å². The molecule has 24 heavy (non-hydrogen) atoms. The van der Waals surface area contributed by atoms with E-state index in [0.29, 0.717) is 5.90 Å².